The molecule has 1 N–H and O–H groups in total. The summed E-state index contributed by atoms with van der Waals surface area (Å²) in [6, 6.07) is 0. The van der Waals surface area contributed by atoms with Gasteiger partial charge in [0.15, 0.2) is 11.5 Å². The van der Waals surface area contributed by atoms with Crippen molar-refractivity contribution in [1.82, 2.24) is 15.2 Å². The van der Waals surface area contributed by atoms with Gasteiger partial charge in [0.2, 0.25) is 11.8 Å². The van der Waals surface area contributed by atoms with Crippen LogP contribution in [0.1, 0.15) is 50.5 Å². The van der Waals surface area contributed by atoms with Crippen LogP contribution in [-0.4, -0.2) is 52.6 Å². The van der Waals surface area contributed by atoms with Gasteiger partial charge in [-0.15, -0.1) is 0 Å². The first-order chi connectivity index (χ1) is 17.7. The summed E-state index contributed by atoms with van der Waals surface area (Å²) in [6.07, 6.45) is 14.3. The highest BCUT2D eigenvalue weighted by molar-refractivity contribution is 6.00. The summed E-state index contributed by atoms with van der Waals surface area (Å²) < 4.78 is 11.2. The quantitative estimate of drug-likeness (QED) is 0.578. The smallest absolute Gasteiger partial charge is 0.355 e. The SMILES string of the molecule is CC1=C\C=C/C(=O)Cc2nc(co2)C(=O)N2CCC=C2C(=O)OC(C(C)C)[C@H](C)/C=C/C(=O)NC\C=C\1. The van der Waals surface area contributed by atoms with Crippen LogP contribution in [0.3, 0.4) is 0 Å². The van der Waals surface area contributed by atoms with Gasteiger partial charge in [-0.25, -0.2) is 9.78 Å². The molecule has 3 heterocycles. The van der Waals surface area contributed by atoms with E-state index in [1.165, 1.54) is 23.3 Å². The first kappa shape index (κ1) is 27.6. The highest BCUT2D eigenvalue weighted by atomic mass is 16.5. The second-order valence-electron chi connectivity index (χ2n) is 9.35. The van der Waals surface area contributed by atoms with Crippen molar-refractivity contribution in [2.24, 2.45) is 11.8 Å². The Kier molecular flexibility index (Phi) is 9.54. The molecular weight excluding hydrogens is 474 g/mol. The van der Waals surface area contributed by atoms with Crippen molar-refractivity contribution in [3.05, 3.63) is 77.7 Å². The van der Waals surface area contributed by atoms with Crippen molar-refractivity contribution in [2.75, 3.05) is 13.1 Å². The average Bonchev–Trinajstić information content (AvgIpc) is 3.52. The highest BCUT2D eigenvalue weighted by Gasteiger charge is 2.33. The van der Waals surface area contributed by atoms with Gasteiger partial charge in [-0.05, 0) is 31.4 Å². The zero-order valence-corrected chi connectivity index (χ0v) is 21.6. The molecule has 1 aromatic heterocycles. The molecule has 37 heavy (non-hydrogen) atoms. The summed E-state index contributed by atoms with van der Waals surface area (Å²) in [6.45, 7) is 8.22. The molecule has 9 nitrogen and oxygen atoms in total. The monoisotopic (exact) mass is 507 g/mol. The summed E-state index contributed by atoms with van der Waals surface area (Å²) in [7, 11) is 0. The summed E-state index contributed by atoms with van der Waals surface area (Å²) in [4.78, 5) is 56.2. The van der Waals surface area contributed by atoms with Crippen molar-refractivity contribution in [2.45, 2.75) is 46.6 Å². The van der Waals surface area contributed by atoms with Crippen LogP contribution in [-0.2, 0) is 25.5 Å². The third-order valence-corrected chi connectivity index (χ3v) is 5.92. The second kappa shape index (κ2) is 12.8. The van der Waals surface area contributed by atoms with Crippen LogP contribution >= 0.6 is 0 Å². The van der Waals surface area contributed by atoms with E-state index >= 15 is 0 Å². The molecule has 0 radical (unpaired) electrons. The zero-order chi connectivity index (χ0) is 26.9. The van der Waals surface area contributed by atoms with Crippen molar-refractivity contribution >= 4 is 23.6 Å². The molecule has 2 aliphatic heterocycles. The van der Waals surface area contributed by atoms with Crippen molar-refractivity contribution in [3.63, 3.8) is 0 Å². The Balaban J connectivity index is 1.87. The molecule has 196 valence electrons. The molecule has 0 spiro atoms. The number of rotatable bonds is 1. The number of ketones is 1. The number of hydrogen-bond acceptors (Lipinski definition) is 7. The number of nitrogens with one attached hydrogen (secondary N) is 1. The fraction of sp³-hybridized carbons (Fsp3) is 0.393. The molecule has 0 fully saturated rings. The Morgan fingerprint density at radius 2 is 1.92 bits per heavy atom. The molecule has 0 saturated carbocycles. The number of ether oxygens (including phenoxy) is 1. The van der Waals surface area contributed by atoms with E-state index in [4.69, 9.17) is 9.15 Å². The fourth-order valence-corrected chi connectivity index (χ4v) is 4.01. The normalized spacial score (nSPS) is 26.5. The van der Waals surface area contributed by atoms with E-state index < -0.39 is 18.0 Å². The lowest BCUT2D eigenvalue weighted by Crippen LogP contribution is -2.36. The minimum atomic E-state index is -0.621. The second-order valence-corrected chi connectivity index (χ2v) is 9.35. The average molecular weight is 508 g/mol. The van der Waals surface area contributed by atoms with Crippen LogP contribution in [0.5, 0.6) is 0 Å². The number of nitrogens with zero attached hydrogens (tertiary/aromatic N) is 2. The molecule has 2 amide bonds. The minimum Gasteiger partial charge on any atom is -0.457 e. The summed E-state index contributed by atoms with van der Waals surface area (Å²) in [5.41, 5.74) is 1.04. The lowest BCUT2D eigenvalue weighted by atomic mass is 9.94. The van der Waals surface area contributed by atoms with Crippen molar-refractivity contribution < 1.29 is 28.3 Å². The van der Waals surface area contributed by atoms with Crippen LogP contribution in [0.25, 0.3) is 0 Å². The predicted octanol–water partition coefficient (Wildman–Crippen LogP) is 3.46. The van der Waals surface area contributed by atoms with Crippen LogP contribution in [0.4, 0.5) is 0 Å². The zero-order valence-electron chi connectivity index (χ0n) is 21.6. The van der Waals surface area contributed by atoms with Gasteiger partial charge >= 0.3 is 5.97 Å². The van der Waals surface area contributed by atoms with Crippen LogP contribution in [0, 0.1) is 11.8 Å². The lowest BCUT2D eigenvalue weighted by molar-refractivity contribution is -0.149. The maximum absolute atomic E-state index is 13.1. The van der Waals surface area contributed by atoms with Gasteiger partial charge in [-0.3, -0.25) is 14.4 Å². The fourth-order valence-electron chi connectivity index (χ4n) is 4.01. The predicted molar refractivity (Wildman–Crippen MR) is 137 cm³/mol. The van der Waals surface area contributed by atoms with Gasteiger partial charge in [0.1, 0.15) is 18.1 Å². The molecule has 9 heteroatoms. The molecule has 1 aromatic rings. The molecule has 0 aromatic carbocycles. The number of allylic oxidation sites excluding steroid dienone is 5. The number of cyclic esters (lactones) is 1. The van der Waals surface area contributed by atoms with E-state index in [9.17, 15) is 19.2 Å². The third-order valence-electron chi connectivity index (χ3n) is 5.92. The van der Waals surface area contributed by atoms with Crippen LogP contribution in [0.15, 0.2) is 70.6 Å². The van der Waals surface area contributed by atoms with E-state index in [0.29, 0.717) is 19.5 Å². The van der Waals surface area contributed by atoms with E-state index in [0.717, 1.165) is 5.57 Å². The number of aromatic nitrogens is 1. The Morgan fingerprint density at radius 1 is 1.14 bits per heavy atom. The summed E-state index contributed by atoms with van der Waals surface area (Å²) in [5, 5.41) is 2.77. The standard InChI is InChI=1S/C28H33N3O6/c1-18(2)26-20(4)12-13-24(33)29-14-6-9-19(3)8-5-10-21(32)16-25-30-22(17-36-25)27(34)31-15-7-11-23(31)28(35)37-26/h5-6,8-13,17-18,20,26H,7,14-16H2,1-4H3,(H,29,33)/b9-6+,10-5-,13-12+,19-8+/t20-,26?/m1/s1. The van der Waals surface area contributed by atoms with Gasteiger partial charge in [-0.1, -0.05) is 62.8 Å². The van der Waals surface area contributed by atoms with Gasteiger partial charge in [-0.2, -0.15) is 0 Å². The van der Waals surface area contributed by atoms with Crippen molar-refractivity contribution in [3.8, 4) is 0 Å². The maximum Gasteiger partial charge on any atom is 0.355 e. The Bertz CT molecular complexity index is 1180. The molecule has 2 atom stereocenters. The Labute approximate surface area is 216 Å². The number of fused-ring (bicyclic) bond motifs is 3. The topological polar surface area (TPSA) is 119 Å². The third kappa shape index (κ3) is 7.73. The maximum atomic E-state index is 13.1. The molecule has 3 rings (SSSR count). The first-order valence-corrected chi connectivity index (χ1v) is 12.3. The number of carbonyl (C=O) groups is 4. The molecule has 2 aliphatic rings. The summed E-state index contributed by atoms with van der Waals surface area (Å²) in [5.74, 6) is -1.80. The van der Waals surface area contributed by atoms with E-state index in [-0.39, 0.29) is 47.2 Å². The number of hydrogen-bond donors (Lipinski definition) is 1. The molecule has 0 saturated heterocycles. The number of esters is 1. The van der Waals surface area contributed by atoms with Gasteiger partial charge in [0, 0.05) is 19.0 Å². The largest absolute Gasteiger partial charge is 0.457 e. The van der Waals surface area contributed by atoms with Crippen molar-refractivity contribution in [1.29, 1.82) is 0 Å². The minimum absolute atomic E-state index is 0.00868. The number of oxazole rings is 1. The van der Waals surface area contributed by atoms with E-state index in [1.54, 1.807) is 30.4 Å². The van der Waals surface area contributed by atoms with E-state index in [2.05, 4.69) is 10.3 Å². The van der Waals surface area contributed by atoms with Gasteiger partial charge < -0.3 is 19.4 Å². The van der Waals surface area contributed by atoms with Gasteiger partial charge in [0.05, 0.1) is 6.42 Å². The molecule has 2 bridgehead atoms. The van der Waals surface area contributed by atoms with Crippen LogP contribution < -0.4 is 5.32 Å². The van der Waals surface area contributed by atoms with Gasteiger partial charge in [0.25, 0.3) is 5.91 Å². The first-order valence-electron chi connectivity index (χ1n) is 12.3. The molecule has 0 aliphatic carbocycles. The highest BCUT2D eigenvalue weighted by Crippen LogP contribution is 2.24. The number of amides is 2. The Morgan fingerprint density at radius 3 is 2.68 bits per heavy atom. The number of carbonyl (C=O) groups excluding carboxylic acids is 4. The molecule has 1 unspecified atom stereocenters. The molecular formula is C28H33N3O6. The summed E-state index contributed by atoms with van der Waals surface area (Å²) >= 11 is 0. The lowest BCUT2D eigenvalue weighted by Gasteiger charge is -2.27. The van der Waals surface area contributed by atoms with E-state index in [1.807, 2.05) is 33.8 Å². The Hall–Kier alpha value is -4.01. The van der Waals surface area contributed by atoms with Crippen LogP contribution in [0.2, 0.25) is 0 Å².